The molecule has 27 heavy (non-hydrogen) atoms. The summed E-state index contributed by atoms with van der Waals surface area (Å²) in [6.07, 6.45) is 0.635. The van der Waals surface area contributed by atoms with E-state index in [1.165, 1.54) is 0 Å². The highest BCUT2D eigenvalue weighted by atomic mass is 35.5. The molecule has 0 saturated carbocycles. The van der Waals surface area contributed by atoms with Gasteiger partial charge in [-0.05, 0) is 30.5 Å². The number of rotatable bonds is 5. The summed E-state index contributed by atoms with van der Waals surface area (Å²) in [5.41, 5.74) is -0.670. The van der Waals surface area contributed by atoms with Crippen LogP contribution in [0, 0.1) is 0 Å². The fraction of sp³-hybridized carbons (Fsp3) is 0.471. The molecule has 0 aromatic heterocycles. The van der Waals surface area contributed by atoms with Crippen molar-refractivity contribution in [2.24, 2.45) is 0 Å². The summed E-state index contributed by atoms with van der Waals surface area (Å²) in [6, 6.07) is 5.43. The molecule has 2 heterocycles. The van der Waals surface area contributed by atoms with Crippen LogP contribution in [0.3, 0.4) is 0 Å². The molecule has 2 saturated heterocycles. The normalized spacial score (nSPS) is 26.9. The number of hydrogen-bond donors (Lipinski definition) is 2. The highest BCUT2D eigenvalue weighted by molar-refractivity contribution is 7.91. The molecule has 2 fully saturated rings. The largest absolute Gasteiger partial charge is 0.351 e. The summed E-state index contributed by atoms with van der Waals surface area (Å²) in [4.78, 5) is 38.4. The molecule has 1 aromatic rings. The third-order valence-corrected chi connectivity index (χ3v) is 6.96. The SMILES string of the molecule is CC[C@@]1(c2ccc(Cl)cc2)NC(=O)N(CC(=O)N[C@@H]2CCS(=O)(=O)C2)C1=O. The second-order valence-electron chi connectivity index (χ2n) is 6.75. The lowest BCUT2D eigenvalue weighted by atomic mass is 9.87. The standard InChI is InChI=1S/C17H20ClN3O5S/c1-2-17(11-3-5-12(18)6-4-11)15(23)21(16(24)20-17)9-14(22)19-13-7-8-27(25,26)10-13/h3-6,13H,2,7-10H2,1H3,(H,19,22)(H,20,24)/t13-,17+/m1/s1. The van der Waals surface area contributed by atoms with E-state index in [9.17, 15) is 22.8 Å². The third-order valence-electron chi connectivity index (χ3n) is 4.94. The Morgan fingerprint density at radius 1 is 1.33 bits per heavy atom. The van der Waals surface area contributed by atoms with Crippen LogP contribution in [0.15, 0.2) is 24.3 Å². The number of amides is 4. The number of imide groups is 1. The van der Waals surface area contributed by atoms with Gasteiger partial charge in [0, 0.05) is 11.1 Å². The smallest absolute Gasteiger partial charge is 0.325 e. The van der Waals surface area contributed by atoms with Crippen LogP contribution in [0.2, 0.25) is 5.02 Å². The lowest BCUT2D eigenvalue weighted by Gasteiger charge is -2.25. The third kappa shape index (κ3) is 3.79. The summed E-state index contributed by atoms with van der Waals surface area (Å²) in [6.45, 7) is 1.30. The van der Waals surface area contributed by atoms with E-state index in [2.05, 4.69) is 10.6 Å². The average Bonchev–Trinajstić information content (AvgIpc) is 3.07. The van der Waals surface area contributed by atoms with Crippen molar-refractivity contribution in [1.29, 1.82) is 0 Å². The van der Waals surface area contributed by atoms with Crippen LogP contribution in [0.5, 0.6) is 0 Å². The van der Waals surface area contributed by atoms with Crippen molar-refractivity contribution in [2.75, 3.05) is 18.1 Å². The minimum atomic E-state index is -3.14. The Kier molecular flexibility index (Phi) is 5.18. The number of nitrogens with one attached hydrogen (secondary N) is 2. The molecule has 3 rings (SSSR count). The Morgan fingerprint density at radius 2 is 2.00 bits per heavy atom. The summed E-state index contributed by atoms with van der Waals surface area (Å²) in [5, 5.41) is 5.77. The van der Waals surface area contributed by atoms with Crippen molar-refractivity contribution in [3.05, 3.63) is 34.9 Å². The molecular formula is C17H20ClN3O5S. The summed E-state index contributed by atoms with van der Waals surface area (Å²) in [7, 11) is -3.14. The van der Waals surface area contributed by atoms with E-state index in [4.69, 9.17) is 11.6 Å². The van der Waals surface area contributed by atoms with Gasteiger partial charge in [-0.25, -0.2) is 13.2 Å². The lowest BCUT2D eigenvalue weighted by Crippen LogP contribution is -2.46. The van der Waals surface area contributed by atoms with Crippen molar-refractivity contribution < 1.29 is 22.8 Å². The maximum atomic E-state index is 13.0. The lowest BCUT2D eigenvalue weighted by molar-refractivity contribution is -0.135. The molecule has 0 aliphatic carbocycles. The second kappa shape index (κ2) is 7.12. The maximum Gasteiger partial charge on any atom is 0.325 e. The van der Waals surface area contributed by atoms with E-state index in [0.29, 0.717) is 23.4 Å². The van der Waals surface area contributed by atoms with Crippen molar-refractivity contribution in [3.63, 3.8) is 0 Å². The number of sulfone groups is 1. The van der Waals surface area contributed by atoms with Gasteiger partial charge in [-0.1, -0.05) is 30.7 Å². The van der Waals surface area contributed by atoms with Crippen molar-refractivity contribution in [2.45, 2.75) is 31.3 Å². The molecule has 2 aliphatic heterocycles. The van der Waals surface area contributed by atoms with E-state index in [1.807, 2.05) is 0 Å². The number of carbonyl (C=O) groups excluding carboxylic acids is 3. The monoisotopic (exact) mass is 413 g/mol. The van der Waals surface area contributed by atoms with Crippen molar-refractivity contribution >= 4 is 39.3 Å². The van der Waals surface area contributed by atoms with Crippen LogP contribution in [0.4, 0.5) is 4.79 Å². The quantitative estimate of drug-likeness (QED) is 0.693. The molecule has 0 spiro atoms. The molecule has 2 aliphatic rings. The number of halogens is 1. The molecule has 10 heteroatoms. The van der Waals surface area contributed by atoms with Gasteiger partial charge in [0.1, 0.15) is 12.1 Å². The zero-order chi connectivity index (χ0) is 19.8. The van der Waals surface area contributed by atoms with Crippen LogP contribution in [-0.2, 0) is 25.0 Å². The van der Waals surface area contributed by atoms with Crippen LogP contribution in [0.25, 0.3) is 0 Å². The molecule has 0 radical (unpaired) electrons. The van der Waals surface area contributed by atoms with Crippen LogP contribution in [0.1, 0.15) is 25.3 Å². The fourth-order valence-corrected chi connectivity index (χ4v) is 5.27. The topological polar surface area (TPSA) is 113 Å². The average molecular weight is 414 g/mol. The fourth-order valence-electron chi connectivity index (χ4n) is 3.47. The van der Waals surface area contributed by atoms with Gasteiger partial charge in [0.15, 0.2) is 9.84 Å². The van der Waals surface area contributed by atoms with Crippen molar-refractivity contribution in [3.8, 4) is 0 Å². The zero-order valence-electron chi connectivity index (χ0n) is 14.7. The molecule has 2 N–H and O–H groups in total. The first-order valence-corrected chi connectivity index (χ1v) is 10.8. The highest BCUT2D eigenvalue weighted by Crippen LogP contribution is 2.33. The van der Waals surface area contributed by atoms with Gasteiger partial charge >= 0.3 is 6.03 Å². The Hall–Kier alpha value is -2.13. The number of urea groups is 1. The van der Waals surface area contributed by atoms with Gasteiger partial charge in [-0.15, -0.1) is 0 Å². The summed E-state index contributed by atoms with van der Waals surface area (Å²) < 4.78 is 23.0. The summed E-state index contributed by atoms with van der Waals surface area (Å²) >= 11 is 5.89. The Balaban J connectivity index is 1.73. The Morgan fingerprint density at radius 3 is 2.56 bits per heavy atom. The van der Waals surface area contributed by atoms with Gasteiger partial charge in [0.05, 0.1) is 11.5 Å². The Labute approximate surface area is 162 Å². The second-order valence-corrected chi connectivity index (χ2v) is 9.42. The molecule has 0 bridgehead atoms. The maximum absolute atomic E-state index is 13.0. The Bertz CT molecular complexity index is 886. The minimum Gasteiger partial charge on any atom is -0.351 e. The van der Waals surface area contributed by atoms with Crippen LogP contribution in [-0.4, -0.2) is 55.3 Å². The highest BCUT2D eigenvalue weighted by Gasteiger charge is 2.51. The van der Waals surface area contributed by atoms with Gasteiger partial charge in [0.2, 0.25) is 5.91 Å². The minimum absolute atomic E-state index is 0.0244. The molecule has 0 unspecified atom stereocenters. The van der Waals surface area contributed by atoms with E-state index < -0.39 is 45.8 Å². The summed E-state index contributed by atoms with van der Waals surface area (Å²) in [5.74, 6) is -1.19. The van der Waals surface area contributed by atoms with Gasteiger partial charge in [0.25, 0.3) is 5.91 Å². The van der Waals surface area contributed by atoms with Crippen LogP contribution >= 0.6 is 11.6 Å². The number of nitrogens with zero attached hydrogens (tertiary/aromatic N) is 1. The van der Waals surface area contributed by atoms with E-state index >= 15 is 0 Å². The number of carbonyl (C=O) groups is 3. The first-order chi connectivity index (χ1) is 12.7. The van der Waals surface area contributed by atoms with Crippen LogP contribution < -0.4 is 10.6 Å². The van der Waals surface area contributed by atoms with Gasteiger partial charge in [-0.2, -0.15) is 0 Å². The van der Waals surface area contributed by atoms with E-state index in [1.54, 1.807) is 31.2 Å². The predicted octanol–water partition coefficient (Wildman–Crippen LogP) is 0.800. The molecule has 1 aromatic carbocycles. The molecule has 8 nitrogen and oxygen atoms in total. The number of hydrogen-bond acceptors (Lipinski definition) is 5. The number of benzene rings is 1. The first-order valence-electron chi connectivity index (χ1n) is 8.57. The van der Waals surface area contributed by atoms with Crippen molar-refractivity contribution in [1.82, 2.24) is 15.5 Å². The first kappa shape index (κ1) is 19.6. The van der Waals surface area contributed by atoms with E-state index in [-0.39, 0.29) is 11.5 Å². The predicted molar refractivity (Wildman–Crippen MR) is 98.9 cm³/mol. The molecular weight excluding hydrogens is 394 g/mol. The zero-order valence-corrected chi connectivity index (χ0v) is 16.3. The van der Waals surface area contributed by atoms with Gasteiger partial charge in [-0.3, -0.25) is 14.5 Å². The van der Waals surface area contributed by atoms with E-state index in [0.717, 1.165) is 4.90 Å². The molecule has 2 atom stereocenters. The molecule has 4 amide bonds. The van der Waals surface area contributed by atoms with Gasteiger partial charge < -0.3 is 10.6 Å². The molecule has 146 valence electrons.